The van der Waals surface area contributed by atoms with Crippen LogP contribution in [-0.4, -0.2) is 52.6 Å². The largest absolute Gasteiger partial charge is 0.461 e. The standard InChI is InChI=1S/C28H29N3O3/c1-3-31-25(29-28(27(31)33)12-14-30(15-13-28)26(32)21-8-9-21)20-6-4-19(5-7-20)22-10-11-24-23(17-22)16-18(2)34-24/h4-7,10-11,16-17,21H,3,8-9,12-15H2,1-2H3. The molecule has 0 bridgehead atoms. The van der Waals surface area contributed by atoms with E-state index in [-0.39, 0.29) is 17.7 Å². The number of hydrogen-bond acceptors (Lipinski definition) is 4. The summed E-state index contributed by atoms with van der Waals surface area (Å²) in [5, 5.41) is 1.09. The topological polar surface area (TPSA) is 66.1 Å². The summed E-state index contributed by atoms with van der Waals surface area (Å²) in [6.45, 7) is 5.77. The van der Waals surface area contributed by atoms with Gasteiger partial charge < -0.3 is 9.32 Å². The van der Waals surface area contributed by atoms with Gasteiger partial charge in [-0.05, 0) is 68.9 Å². The molecular formula is C28H29N3O3. The van der Waals surface area contributed by atoms with Crippen molar-refractivity contribution in [1.82, 2.24) is 9.80 Å². The van der Waals surface area contributed by atoms with E-state index < -0.39 is 5.54 Å². The number of nitrogens with zero attached hydrogens (tertiary/aromatic N) is 3. The molecule has 2 fully saturated rings. The van der Waals surface area contributed by atoms with Gasteiger partial charge in [0.15, 0.2) is 0 Å². The first kappa shape index (κ1) is 21.1. The van der Waals surface area contributed by atoms with Crippen LogP contribution in [0.2, 0.25) is 0 Å². The zero-order valence-electron chi connectivity index (χ0n) is 19.7. The highest BCUT2D eigenvalue weighted by molar-refractivity contribution is 6.15. The summed E-state index contributed by atoms with van der Waals surface area (Å²) in [5.41, 5.74) is 3.35. The number of aliphatic imine (C=N–C) groups is 1. The van der Waals surface area contributed by atoms with E-state index in [4.69, 9.17) is 9.41 Å². The predicted molar refractivity (Wildman–Crippen MR) is 132 cm³/mol. The van der Waals surface area contributed by atoms with Crippen molar-refractivity contribution < 1.29 is 14.0 Å². The summed E-state index contributed by atoms with van der Waals surface area (Å²) in [6, 6.07) is 16.6. The molecule has 0 radical (unpaired) electrons. The number of amidine groups is 1. The van der Waals surface area contributed by atoms with Gasteiger partial charge in [-0.25, -0.2) is 0 Å². The number of furan rings is 1. The van der Waals surface area contributed by atoms with Crippen molar-refractivity contribution in [1.29, 1.82) is 0 Å². The Balaban J connectivity index is 1.26. The second-order valence-corrected chi connectivity index (χ2v) is 9.80. The maximum Gasteiger partial charge on any atom is 0.256 e. The van der Waals surface area contributed by atoms with Gasteiger partial charge in [0.2, 0.25) is 5.91 Å². The molecule has 2 amide bonds. The lowest BCUT2D eigenvalue weighted by atomic mass is 9.87. The number of likely N-dealkylation sites (N-methyl/N-ethyl adjacent to an activating group) is 1. The highest BCUT2D eigenvalue weighted by Crippen LogP contribution is 2.38. The molecule has 2 aliphatic heterocycles. The van der Waals surface area contributed by atoms with Crippen LogP contribution in [0.5, 0.6) is 0 Å². The fourth-order valence-corrected chi connectivity index (χ4v) is 5.35. The van der Waals surface area contributed by atoms with Gasteiger partial charge in [0.05, 0.1) is 0 Å². The monoisotopic (exact) mass is 455 g/mol. The van der Waals surface area contributed by atoms with Crippen molar-refractivity contribution in [2.75, 3.05) is 19.6 Å². The number of rotatable bonds is 4. The second kappa shape index (κ2) is 7.83. The van der Waals surface area contributed by atoms with Crippen LogP contribution in [0.15, 0.2) is 57.9 Å². The summed E-state index contributed by atoms with van der Waals surface area (Å²) in [6.07, 6.45) is 3.23. The number of benzene rings is 2. The number of hydrogen-bond donors (Lipinski definition) is 0. The summed E-state index contributed by atoms with van der Waals surface area (Å²) in [4.78, 5) is 34.7. The van der Waals surface area contributed by atoms with Gasteiger partial charge in [0, 0.05) is 36.5 Å². The van der Waals surface area contributed by atoms with Crippen molar-refractivity contribution in [3.05, 3.63) is 59.9 Å². The fourth-order valence-electron chi connectivity index (χ4n) is 5.35. The summed E-state index contributed by atoms with van der Waals surface area (Å²) >= 11 is 0. The van der Waals surface area contributed by atoms with Crippen molar-refractivity contribution in [3.8, 4) is 11.1 Å². The molecule has 3 aliphatic rings. The molecule has 6 heteroatoms. The Kier molecular flexibility index (Phi) is 4.87. The van der Waals surface area contributed by atoms with E-state index in [1.54, 1.807) is 0 Å². The zero-order chi connectivity index (χ0) is 23.4. The molecule has 0 unspecified atom stereocenters. The Hall–Kier alpha value is -3.41. The van der Waals surface area contributed by atoms with E-state index in [0.717, 1.165) is 52.1 Å². The van der Waals surface area contributed by atoms with E-state index >= 15 is 0 Å². The third-order valence-electron chi connectivity index (χ3n) is 7.48. The Morgan fingerprint density at radius 1 is 1.03 bits per heavy atom. The van der Waals surface area contributed by atoms with Crippen molar-refractivity contribution in [2.24, 2.45) is 10.9 Å². The van der Waals surface area contributed by atoms with Gasteiger partial charge in [-0.2, -0.15) is 0 Å². The van der Waals surface area contributed by atoms with Crippen LogP contribution in [0.1, 0.15) is 43.9 Å². The van der Waals surface area contributed by atoms with Gasteiger partial charge in [-0.15, -0.1) is 0 Å². The van der Waals surface area contributed by atoms with Gasteiger partial charge >= 0.3 is 0 Å². The van der Waals surface area contributed by atoms with E-state index in [2.05, 4.69) is 36.4 Å². The summed E-state index contributed by atoms with van der Waals surface area (Å²) in [7, 11) is 0. The molecule has 1 saturated heterocycles. The maximum atomic E-state index is 13.4. The van der Waals surface area contributed by atoms with Gasteiger partial charge in [-0.1, -0.05) is 30.3 Å². The smallest absolute Gasteiger partial charge is 0.256 e. The average Bonchev–Trinajstić information content (AvgIpc) is 3.59. The molecule has 3 heterocycles. The summed E-state index contributed by atoms with van der Waals surface area (Å²) < 4.78 is 5.69. The molecule has 1 aromatic heterocycles. The Labute approximate surface area is 199 Å². The molecule has 34 heavy (non-hydrogen) atoms. The highest BCUT2D eigenvalue weighted by atomic mass is 16.3. The molecular weight excluding hydrogens is 426 g/mol. The molecule has 6 nitrogen and oxygen atoms in total. The van der Waals surface area contributed by atoms with Gasteiger partial charge in [0.25, 0.3) is 5.91 Å². The fraction of sp³-hybridized carbons (Fsp3) is 0.393. The van der Waals surface area contributed by atoms with Crippen LogP contribution in [0.4, 0.5) is 0 Å². The van der Waals surface area contributed by atoms with Crippen LogP contribution in [0, 0.1) is 12.8 Å². The molecule has 2 aromatic carbocycles. The molecule has 174 valence electrons. The quantitative estimate of drug-likeness (QED) is 0.568. The zero-order valence-corrected chi connectivity index (χ0v) is 19.7. The Bertz CT molecular complexity index is 1310. The first-order chi connectivity index (χ1) is 16.5. The van der Waals surface area contributed by atoms with Crippen molar-refractivity contribution in [3.63, 3.8) is 0 Å². The average molecular weight is 456 g/mol. The molecule has 0 N–H and O–H groups in total. The molecule has 1 saturated carbocycles. The van der Waals surface area contributed by atoms with Crippen LogP contribution in [0.3, 0.4) is 0 Å². The predicted octanol–water partition coefficient (Wildman–Crippen LogP) is 4.79. The number of aryl methyl sites for hydroxylation is 1. The van der Waals surface area contributed by atoms with E-state index in [9.17, 15) is 9.59 Å². The lowest BCUT2D eigenvalue weighted by Gasteiger charge is -2.36. The summed E-state index contributed by atoms with van der Waals surface area (Å²) in [5.74, 6) is 2.21. The first-order valence-corrected chi connectivity index (χ1v) is 12.3. The number of piperidine rings is 1. The Morgan fingerprint density at radius 3 is 2.38 bits per heavy atom. The van der Waals surface area contributed by atoms with Crippen LogP contribution in [0.25, 0.3) is 22.1 Å². The van der Waals surface area contributed by atoms with E-state index in [1.807, 2.05) is 35.8 Å². The second-order valence-electron chi connectivity index (χ2n) is 9.80. The highest BCUT2D eigenvalue weighted by Gasteiger charge is 2.50. The van der Waals surface area contributed by atoms with Crippen molar-refractivity contribution >= 4 is 28.6 Å². The minimum absolute atomic E-state index is 0.0772. The molecule has 0 atom stereocenters. The van der Waals surface area contributed by atoms with Crippen LogP contribution >= 0.6 is 0 Å². The number of carbonyl (C=O) groups is 2. The minimum Gasteiger partial charge on any atom is -0.461 e. The van der Waals surface area contributed by atoms with E-state index in [1.165, 1.54) is 0 Å². The third-order valence-corrected chi connectivity index (χ3v) is 7.48. The number of fused-ring (bicyclic) bond motifs is 1. The van der Waals surface area contributed by atoms with Crippen LogP contribution in [-0.2, 0) is 9.59 Å². The normalized spacial score (nSPS) is 19.8. The SMILES string of the molecule is CCN1C(=O)C2(CCN(C(=O)C3CC3)CC2)N=C1c1ccc(-c2ccc3oc(C)cc3c2)cc1. The number of amides is 2. The van der Waals surface area contributed by atoms with Crippen molar-refractivity contribution in [2.45, 2.75) is 45.1 Å². The maximum absolute atomic E-state index is 13.4. The number of likely N-dealkylation sites (tertiary alicyclic amines) is 1. The van der Waals surface area contributed by atoms with Gasteiger partial charge in [0.1, 0.15) is 22.7 Å². The van der Waals surface area contributed by atoms with E-state index in [0.29, 0.717) is 32.5 Å². The number of carbonyl (C=O) groups excluding carboxylic acids is 2. The molecule has 3 aromatic rings. The van der Waals surface area contributed by atoms with Crippen LogP contribution < -0.4 is 0 Å². The molecule has 1 aliphatic carbocycles. The lowest BCUT2D eigenvalue weighted by Crippen LogP contribution is -2.51. The van der Waals surface area contributed by atoms with Gasteiger partial charge in [-0.3, -0.25) is 19.5 Å². The molecule has 6 rings (SSSR count). The lowest BCUT2D eigenvalue weighted by molar-refractivity contribution is -0.139. The molecule has 1 spiro atoms. The minimum atomic E-state index is -0.728. The Morgan fingerprint density at radius 2 is 1.71 bits per heavy atom. The first-order valence-electron chi connectivity index (χ1n) is 12.3. The third kappa shape index (κ3) is 3.44.